The number of amidine groups is 1. The van der Waals surface area contributed by atoms with Crippen molar-refractivity contribution >= 4 is 11.8 Å². The molecular weight excluding hydrogens is 230 g/mol. The van der Waals surface area contributed by atoms with E-state index in [2.05, 4.69) is 9.97 Å². The molecule has 0 aromatic carbocycles. The van der Waals surface area contributed by atoms with Crippen LogP contribution in [-0.4, -0.2) is 42.6 Å². The Bertz CT molecular complexity index is 387. The number of hydrogen-bond acceptors (Lipinski definition) is 5. The number of ether oxygens (including phenoxy) is 1. The maximum atomic E-state index is 7.29. The first-order chi connectivity index (χ1) is 8.52. The van der Waals surface area contributed by atoms with Gasteiger partial charge in [-0.05, 0) is 19.9 Å². The molecule has 0 atom stereocenters. The third-order valence-electron chi connectivity index (χ3n) is 2.47. The first-order valence-electron chi connectivity index (χ1n) is 5.92. The van der Waals surface area contributed by atoms with Crippen molar-refractivity contribution in [1.29, 1.82) is 5.41 Å². The molecule has 6 heteroatoms. The van der Waals surface area contributed by atoms with E-state index in [1.54, 1.807) is 7.11 Å². The molecule has 6 nitrogen and oxygen atoms in total. The van der Waals surface area contributed by atoms with Gasteiger partial charge in [-0.1, -0.05) is 0 Å². The normalized spacial score (nSPS) is 10.4. The van der Waals surface area contributed by atoms with E-state index in [1.165, 1.54) is 0 Å². The zero-order valence-electron chi connectivity index (χ0n) is 11.2. The number of nitrogens with one attached hydrogen (secondary N) is 1. The summed E-state index contributed by atoms with van der Waals surface area (Å²) in [6.45, 7) is 5.79. The average Bonchev–Trinajstić information content (AvgIpc) is 2.27. The van der Waals surface area contributed by atoms with Gasteiger partial charge in [-0.3, -0.25) is 5.41 Å². The lowest BCUT2D eigenvalue weighted by atomic mass is 10.3. The van der Waals surface area contributed by atoms with Crippen molar-refractivity contribution in [3.8, 4) is 0 Å². The van der Waals surface area contributed by atoms with E-state index < -0.39 is 0 Å². The number of hydrogen-bond donors (Lipinski definition) is 2. The van der Waals surface area contributed by atoms with Crippen LogP contribution in [0.5, 0.6) is 0 Å². The second-order valence-electron chi connectivity index (χ2n) is 4.21. The van der Waals surface area contributed by atoms with Gasteiger partial charge >= 0.3 is 0 Å². The van der Waals surface area contributed by atoms with E-state index in [1.807, 2.05) is 24.8 Å². The summed E-state index contributed by atoms with van der Waals surface area (Å²) in [6.07, 6.45) is 0.500. The van der Waals surface area contributed by atoms with Crippen LogP contribution in [0.15, 0.2) is 6.07 Å². The van der Waals surface area contributed by atoms with E-state index in [4.69, 9.17) is 15.9 Å². The van der Waals surface area contributed by atoms with E-state index >= 15 is 0 Å². The molecule has 0 fully saturated rings. The van der Waals surface area contributed by atoms with Crippen molar-refractivity contribution in [2.75, 3.05) is 31.7 Å². The van der Waals surface area contributed by atoms with Gasteiger partial charge in [0.2, 0.25) is 5.95 Å². The molecule has 0 aliphatic rings. The van der Waals surface area contributed by atoms with Crippen molar-refractivity contribution in [1.82, 2.24) is 9.97 Å². The summed E-state index contributed by atoms with van der Waals surface area (Å²) in [7, 11) is 1.66. The van der Waals surface area contributed by atoms with Crippen LogP contribution < -0.4 is 10.6 Å². The molecule has 18 heavy (non-hydrogen) atoms. The molecule has 1 aromatic heterocycles. The topological polar surface area (TPSA) is 88.1 Å². The highest BCUT2D eigenvalue weighted by atomic mass is 16.5. The van der Waals surface area contributed by atoms with Gasteiger partial charge in [-0.2, -0.15) is 0 Å². The summed E-state index contributed by atoms with van der Waals surface area (Å²) in [4.78, 5) is 10.8. The third-order valence-corrected chi connectivity index (χ3v) is 2.47. The molecule has 0 amide bonds. The third kappa shape index (κ3) is 4.67. The van der Waals surface area contributed by atoms with Gasteiger partial charge in [0.05, 0.1) is 12.4 Å². The molecular formula is C12H21N5O. The van der Waals surface area contributed by atoms with Crippen LogP contribution in [0.2, 0.25) is 0 Å². The molecule has 0 aliphatic carbocycles. The van der Waals surface area contributed by atoms with E-state index in [-0.39, 0.29) is 5.84 Å². The van der Waals surface area contributed by atoms with E-state index in [0.29, 0.717) is 32.1 Å². The number of rotatable bonds is 7. The number of aryl methyl sites for hydroxylation is 2. The summed E-state index contributed by atoms with van der Waals surface area (Å²) in [6, 6.07) is 1.93. The van der Waals surface area contributed by atoms with E-state index in [0.717, 1.165) is 11.4 Å². The lowest BCUT2D eigenvalue weighted by Crippen LogP contribution is -2.32. The summed E-state index contributed by atoms with van der Waals surface area (Å²) in [5, 5.41) is 7.29. The highest BCUT2D eigenvalue weighted by molar-refractivity contribution is 5.77. The minimum absolute atomic E-state index is 0.168. The molecule has 0 spiro atoms. The molecule has 0 saturated heterocycles. The zero-order chi connectivity index (χ0) is 13.5. The van der Waals surface area contributed by atoms with Crippen LogP contribution in [0.1, 0.15) is 17.8 Å². The fraction of sp³-hybridized carbons (Fsp3) is 0.583. The maximum Gasteiger partial charge on any atom is 0.225 e. The molecule has 0 aliphatic heterocycles. The summed E-state index contributed by atoms with van der Waals surface area (Å²) < 4.78 is 5.08. The van der Waals surface area contributed by atoms with Crippen molar-refractivity contribution in [3.63, 3.8) is 0 Å². The number of aromatic nitrogens is 2. The van der Waals surface area contributed by atoms with Crippen molar-refractivity contribution in [2.45, 2.75) is 20.3 Å². The minimum atomic E-state index is 0.168. The Labute approximate surface area is 108 Å². The zero-order valence-corrected chi connectivity index (χ0v) is 11.2. The first-order valence-corrected chi connectivity index (χ1v) is 5.92. The quantitative estimate of drug-likeness (QED) is 0.554. The van der Waals surface area contributed by atoms with E-state index in [9.17, 15) is 0 Å². The fourth-order valence-corrected chi connectivity index (χ4v) is 1.62. The minimum Gasteiger partial charge on any atom is -0.388 e. The molecule has 0 radical (unpaired) electrons. The molecule has 100 valence electrons. The van der Waals surface area contributed by atoms with Crippen LogP contribution >= 0.6 is 0 Å². The largest absolute Gasteiger partial charge is 0.388 e. The van der Waals surface area contributed by atoms with Gasteiger partial charge in [-0.25, -0.2) is 9.97 Å². The van der Waals surface area contributed by atoms with Gasteiger partial charge in [0.1, 0.15) is 0 Å². The molecule has 1 heterocycles. The number of anilines is 1. The van der Waals surface area contributed by atoms with Crippen LogP contribution in [0.3, 0.4) is 0 Å². The van der Waals surface area contributed by atoms with Crippen molar-refractivity contribution in [3.05, 3.63) is 17.5 Å². The lowest BCUT2D eigenvalue weighted by Gasteiger charge is -2.22. The predicted octanol–water partition coefficient (Wildman–Crippen LogP) is 0.872. The number of methoxy groups -OCH3 is 1. The fourth-order valence-electron chi connectivity index (χ4n) is 1.62. The molecule has 0 unspecified atom stereocenters. The second kappa shape index (κ2) is 6.90. The van der Waals surface area contributed by atoms with Crippen LogP contribution in [0, 0.1) is 19.3 Å². The van der Waals surface area contributed by atoms with Gasteiger partial charge < -0.3 is 15.4 Å². The summed E-state index contributed by atoms with van der Waals surface area (Å²) in [5.74, 6) is 0.840. The van der Waals surface area contributed by atoms with Crippen LogP contribution in [0.4, 0.5) is 5.95 Å². The molecule has 0 bridgehead atoms. The molecule has 0 saturated carbocycles. The first kappa shape index (κ1) is 14.4. The maximum absolute atomic E-state index is 7.29. The van der Waals surface area contributed by atoms with Gasteiger partial charge in [-0.15, -0.1) is 0 Å². The van der Waals surface area contributed by atoms with Gasteiger partial charge in [0, 0.05) is 38.0 Å². The standard InChI is InChI=1S/C12H21N5O/c1-9-8-10(2)16-12(15-9)17(6-7-18-3)5-4-11(13)14/h8H,4-7H2,1-3H3,(H3,13,14). The smallest absolute Gasteiger partial charge is 0.225 e. The summed E-state index contributed by atoms with van der Waals surface area (Å²) in [5.41, 5.74) is 7.26. The number of nitrogens with zero attached hydrogens (tertiary/aromatic N) is 3. The second-order valence-corrected chi connectivity index (χ2v) is 4.21. The SMILES string of the molecule is COCCN(CCC(=N)N)c1nc(C)cc(C)n1. The monoisotopic (exact) mass is 251 g/mol. The Morgan fingerprint density at radius 1 is 1.33 bits per heavy atom. The van der Waals surface area contributed by atoms with Crippen molar-refractivity contribution in [2.24, 2.45) is 5.73 Å². The van der Waals surface area contributed by atoms with Crippen LogP contribution in [0.25, 0.3) is 0 Å². The Morgan fingerprint density at radius 2 is 1.94 bits per heavy atom. The lowest BCUT2D eigenvalue weighted by molar-refractivity contribution is 0.205. The molecule has 1 rings (SSSR count). The Hall–Kier alpha value is -1.69. The molecule has 1 aromatic rings. The van der Waals surface area contributed by atoms with Crippen molar-refractivity contribution < 1.29 is 4.74 Å². The summed E-state index contributed by atoms with van der Waals surface area (Å²) >= 11 is 0. The van der Waals surface area contributed by atoms with Gasteiger partial charge in [0.25, 0.3) is 0 Å². The highest BCUT2D eigenvalue weighted by Gasteiger charge is 2.10. The predicted molar refractivity (Wildman–Crippen MR) is 72.1 cm³/mol. The van der Waals surface area contributed by atoms with Gasteiger partial charge in [0.15, 0.2) is 0 Å². The number of nitrogens with two attached hydrogens (primary N) is 1. The Kier molecular flexibility index (Phi) is 5.51. The molecule has 3 N–H and O–H groups in total. The Balaban J connectivity index is 2.82. The van der Waals surface area contributed by atoms with Crippen LogP contribution in [-0.2, 0) is 4.74 Å². The average molecular weight is 251 g/mol. The highest BCUT2D eigenvalue weighted by Crippen LogP contribution is 2.10. The Morgan fingerprint density at radius 3 is 2.44 bits per heavy atom.